The van der Waals surface area contributed by atoms with E-state index in [9.17, 15) is 0 Å². The Morgan fingerprint density at radius 1 is 0.483 bits per heavy atom. The number of benzene rings is 5. The van der Waals surface area contributed by atoms with Crippen molar-refractivity contribution in [3.63, 3.8) is 0 Å². The van der Waals surface area contributed by atoms with Gasteiger partial charge in [0.05, 0.1) is 5.69 Å². The van der Waals surface area contributed by atoms with Crippen LogP contribution in [0.5, 0.6) is 0 Å². The van der Waals surface area contributed by atoms with E-state index in [-0.39, 0.29) is 0 Å². The Kier molecular flexibility index (Phi) is 4.63. The third-order valence-electron chi connectivity index (χ3n) is 5.14. The first-order valence-electron chi connectivity index (χ1n) is 9.42. The summed E-state index contributed by atoms with van der Waals surface area (Å²) < 4.78 is 0. The van der Waals surface area contributed by atoms with Crippen LogP contribution in [0.2, 0.25) is 10.0 Å². The Bertz CT molecular complexity index is 1210. The summed E-state index contributed by atoms with van der Waals surface area (Å²) in [6.07, 6.45) is 0. The fraction of sp³-hybridized carbons (Fsp3) is 0. The van der Waals surface area contributed by atoms with Crippen LogP contribution in [0.25, 0.3) is 21.5 Å². The van der Waals surface area contributed by atoms with Crippen molar-refractivity contribution in [3.8, 4) is 0 Å². The molecule has 0 radical (unpaired) electrons. The molecule has 0 N–H and O–H groups in total. The van der Waals surface area contributed by atoms with E-state index in [0.29, 0.717) is 10.0 Å². The molecule has 0 amide bonds. The second-order valence-corrected chi connectivity index (χ2v) is 7.83. The lowest BCUT2D eigenvalue weighted by molar-refractivity contribution is 1.31. The SMILES string of the molecule is Clc1ccc(N(c2ccc(Cl)cc2)c2c3ccccc3cc3ccccc23)cc1. The third kappa shape index (κ3) is 3.33. The van der Waals surface area contributed by atoms with Crippen LogP contribution in [-0.2, 0) is 0 Å². The predicted molar refractivity (Wildman–Crippen MR) is 126 cm³/mol. The van der Waals surface area contributed by atoms with Crippen LogP contribution in [0.1, 0.15) is 0 Å². The van der Waals surface area contributed by atoms with E-state index in [2.05, 4.69) is 59.5 Å². The first-order chi connectivity index (χ1) is 14.2. The van der Waals surface area contributed by atoms with Gasteiger partial charge >= 0.3 is 0 Å². The smallest absolute Gasteiger partial charge is 0.0618 e. The highest BCUT2D eigenvalue weighted by Gasteiger charge is 2.18. The van der Waals surface area contributed by atoms with Gasteiger partial charge in [-0.25, -0.2) is 0 Å². The van der Waals surface area contributed by atoms with E-state index in [1.807, 2.05) is 48.5 Å². The van der Waals surface area contributed by atoms with E-state index >= 15 is 0 Å². The Hall–Kier alpha value is -3.00. The molecule has 0 atom stereocenters. The normalized spacial score (nSPS) is 11.1. The van der Waals surface area contributed by atoms with Gasteiger partial charge in [0.15, 0.2) is 0 Å². The minimum atomic E-state index is 0.715. The minimum Gasteiger partial charge on any atom is -0.309 e. The minimum absolute atomic E-state index is 0.715. The van der Waals surface area contributed by atoms with Gasteiger partial charge in [0.2, 0.25) is 0 Å². The van der Waals surface area contributed by atoms with Crippen LogP contribution < -0.4 is 4.90 Å². The molecular formula is C26H17Cl2N. The highest BCUT2D eigenvalue weighted by atomic mass is 35.5. The fourth-order valence-corrected chi connectivity index (χ4v) is 4.07. The average Bonchev–Trinajstić information content (AvgIpc) is 2.76. The molecule has 0 aliphatic heterocycles. The van der Waals surface area contributed by atoms with Crippen LogP contribution in [-0.4, -0.2) is 0 Å². The average molecular weight is 414 g/mol. The lowest BCUT2D eigenvalue weighted by Crippen LogP contribution is -2.11. The Balaban J connectivity index is 1.89. The highest BCUT2D eigenvalue weighted by Crippen LogP contribution is 2.43. The molecule has 1 nitrogen and oxygen atoms in total. The van der Waals surface area contributed by atoms with Gasteiger partial charge in [-0.15, -0.1) is 0 Å². The third-order valence-corrected chi connectivity index (χ3v) is 5.64. The summed E-state index contributed by atoms with van der Waals surface area (Å²) in [6.45, 7) is 0. The Morgan fingerprint density at radius 2 is 0.897 bits per heavy atom. The van der Waals surface area contributed by atoms with E-state index in [1.165, 1.54) is 21.5 Å². The number of hydrogen-bond acceptors (Lipinski definition) is 1. The molecule has 5 aromatic carbocycles. The summed E-state index contributed by atoms with van der Waals surface area (Å²) in [4.78, 5) is 2.28. The van der Waals surface area contributed by atoms with Crippen LogP contribution in [0.3, 0.4) is 0 Å². The lowest BCUT2D eigenvalue weighted by atomic mass is 9.99. The standard InChI is InChI=1S/C26H17Cl2N/c27-20-9-13-22(14-10-20)29(23-15-11-21(28)12-16-23)26-24-7-3-1-5-18(24)17-19-6-2-4-8-25(19)26/h1-17H. The van der Waals surface area contributed by atoms with Gasteiger partial charge in [0.1, 0.15) is 0 Å². The van der Waals surface area contributed by atoms with E-state index < -0.39 is 0 Å². The molecule has 0 bridgehead atoms. The van der Waals surface area contributed by atoms with Gasteiger partial charge in [0.25, 0.3) is 0 Å². The van der Waals surface area contributed by atoms with Gasteiger partial charge < -0.3 is 4.90 Å². The molecule has 0 saturated heterocycles. The molecule has 3 heteroatoms. The second kappa shape index (κ2) is 7.44. The predicted octanol–water partition coefficient (Wildman–Crippen LogP) is 8.77. The monoisotopic (exact) mass is 413 g/mol. The van der Waals surface area contributed by atoms with Crippen molar-refractivity contribution >= 4 is 61.8 Å². The zero-order chi connectivity index (χ0) is 19.8. The largest absolute Gasteiger partial charge is 0.309 e. The molecular weight excluding hydrogens is 397 g/mol. The number of anilines is 3. The van der Waals surface area contributed by atoms with E-state index in [0.717, 1.165) is 17.1 Å². The lowest BCUT2D eigenvalue weighted by Gasteiger charge is -2.28. The van der Waals surface area contributed by atoms with Crippen molar-refractivity contribution in [1.82, 2.24) is 0 Å². The number of hydrogen-bond donors (Lipinski definition) is 0. The molecule has 0 unspecified atom stereocenters. The molecule has 0 aliphatic rings. The van der Waals surface area contributed by atoms with Crippen molar-refractivity contribution in [2.24, 2.45) is 0 Å². The molecule has 140 valence electrons. The van der Waals surface area contributed by atoms with Crippen molar-refractivity contribution in [2.45, 2.75) is 0 Å². The molecule has 0 saturated carbocycles. The summed E-state index contributed by atoms with van der Waals surface area (Å²) in [5.41, 5.74) is 3.22. The van der Waals surface area contributed by atoms with Crippen LogP contribution >= 0.6 is 23.2 Å². The maximum atomic E-state index is 6.18. The summed E-state index contributed by atoms with van der Waals surface area (Å²) >= 11 is 12.4. The summed E-state index contributed by atoms with van der Waals surface area (Å²) in [6, 6.07) is 35.1. The van der Waals surface area contributed by atoms with Gasteiger partial charge in [-0.1, -0.05) is 71.7 Å². The van der Waals surface area contributed by atoms with Gasteiger partial charge in [-0.05, 0) is 65.4 Å². The van der Waals surface area contributed by atoms with Gasteiger partial charge in [-0.2, -0.15) is 0 Å². The van der Waals surface area contributed by atoms with Crippen molar-refractivity contribution in [1.29, 1.82) is 0 Å². The summed E-state index contributed by atoms with van der Waals surface area (Å²) in [5.74, 6) is 0. The number of rotatable bonds is 3. The number of nitrogens with zero attached hydrogens (tertiary/aromatic N) is 1. The molecule has 0 fully saturated rings. The maximum absolute atomic E-state index is 6.18. The zero-order valence-corrected chi connectivity index (χ0v) is 17.0. The molecule has 5 aromatic rings. The topological polar surface area (TPSA) is 3.24 Å². The van der Waals surface area contributed by atoms with Crippen molar-refractivity contribution in [3.05, 3.63) is 113 Å². The quantitative estimate of drug-likeness (QED) is 0.267. The molecule has 0 aliphatic carbocycles. The first kappa shape index (κ1) is 18.1. The van der Waals surface area contributed by atoms with Crippen LogP contribution in [0.4, 0.5) is 17.1 Å². The van der Waals surface area contributed by atoms with Crippen LogP contribution in [0.15, 0.2) is 103 Å². The number of fused-ring (bicyclic) bond motifs is 2. The summed E-state index contributed by atoms with van der Waals surface area (Å²) in [7, 11) is 0. The van der Waals surface area contributed by atoms with Gasteiger partial charge in [-0.3, -0.25) is 0 Å². The van der Waals surface area contributed by atoms with E-state index in [4.69, 9.17) is 23.2 Å². The molecule has 0 aromatic heterocycles. The van der Waals surface area contributed by atoms with Gasteiger partial charge in [0, 0.05) is 32.2 Å². The second-order valence-electron chi connectivity index (χ2n) is 6.96. The molecule has 29 heavy (non-hydrogen) atoms. The van der Waals surface area contributed by atoms with E-state index in [1.54, 1.807) is 0 Å². The fourth-order valence-electron chi connectivity index (χ4n) is 3.82. The summed E-state index contributed by atoms with van der Waals surface area (Å²) in [5, 5.41) is 6.22. The molecule has 0 heterocycles. The Morgan fingerprint density at radius 3 is 1.34 bits per heavy atom. The van der Waals surface area contributed by atoms with Crippen molar-refractivity contribution < 1.29 is 0 Å². The molecule has 0 spiro atoms. The molecule has 5 rings (SSSR count). The van der Waals surface area contributed by atoms with Crippen molar-refractivity contribution in [2.75, 3.05) is 4.90 Å². The maximum Gasteiger partial charge on any atom is 0.0618 e. The zero-order valence-electron chi connectivity index (χ0n) is 15.5. The number of halogens is 2. The van der Waals surface area contributed by atoms with Crippen LogP contribution in [0, 0.1) is 0 Å². The first-order valence-corrected chi connectivity index (χ1v) is 10.2. The highest BCUT2D eigenvalue weighted by molar-refractivity contribution is 6.31. The Labute approximate surface area is 179 Å².